The topological polar surface area (TPSA) is 60.9 Å². The van der Waals surface area contributed by atoms with E-state index >= 15 is 0 Å². The van der Waals surface area contributed by atoms with Crippen LogP contribution in [0.25, 0.3) is 0 Å². The maximum atomic E-state index is 13.9. The predicted octanol–water partition coefficient (Wildman–Crippen LogP) is 2.31. The van der Waals surface area contributed by atoms with Crippen LogP contribution < -0.4 is 0 Å². The zero-order valence-electron chi connectivity index (χ0n) is 16.7. The molecular formula is C20H30FN3O3S. The first-order chi connectivity index (χ1) is 13.3. The molecule has 0 radical (unpaired) electrons. The van der Waals surface area contributed by atoms with Gasteiger partial charge >= 0.3 is 0 Å². The summed E-state index contributed by atoms with van der Waals surface area (Å²) in [5.41, 5.74) is 0. The number of carbonyl (C=O) groups is 1. The number of benzene rings is 1. The molecule has 1 heterocycles. The van der Waals surface area contributed by atoms with Crippen molar-refractivity contribution >= 4 is 15.9 Å². The van der Waals surface area contributed by atoms with E-state index in [1.807, 2.05) is 0 Å². The summed E-state index contributed by atoms with van der Waals surface area (Å²) in [7, 11) is -3.88. The molecule has 1 saturated heterocycles. The Balaban J connectivity index is 1.60. The maximum absolute atomic E-state index is 13.9. The van der Waals surface area contributed by atoms with E-state index in [0.29, 0.717) is 31.7 Å². The van der Waals surface area contributed by atoms with Crippen molar-refractivity contribution < 1.29 is 17.6 Å². The highest BCUT2D eigenvalue weighted by atomic mass is 32.2. The van der Waals surface area contributed by atoms with Crippen molar-refractivity contribution in [3.63, 3.8) is 0 Å². The van der Waals surface area contributed by atoms with Gasteiger partial charge < -0.3 is 4.90 Å². The quantitative estimate of drug-likeness (QED) is 0.721. The van der Waals surface area contributed by atoms with Gasteiger partial charge in [-0.3, -0.25) is 9.69 Å². The summed E-state index contributed by atoms with van der Waals surface area (Å²) in [6, 6.07) is 6.18. The normalized spacial score (nSPS) is 19.7. The van der Waals surface area contributed by atoms with Crippen molar-refractivity contribution in [1.82, 2.24) is 14.1 Å². The van der Waals surface area contributed by atoms with E-state index in [2.05, 4.69) is 18.7 Å². The van der Waals surface area contributed by atoms with Gasteiger partial charge in [0.2, 0.25) is 15.9 Å². The Kier molecular flexibility index (Phi) is 6.73. The molecule has 8 heteroatoms. The van der Waals surface area contributed by atoms with Crippen molar-refractivity contribution in [2.75, 3.05) is 32.7 Å². The third-order valence-electron chi connectivity index (χ3n) is 5.82. The molecule has 1 amide bonds. The van der Waals surface area contributed by atoms with Crippen molar-refractivity contribution in [3.8, 4) is 0 Å². The molecule has 3 rings (SSSR count). The fraction of sp³-hybridized carbons (Fsp3) is 0.650. The van der Waals surface area contributed by atoms with Gasteiger partial charge in [0.25, 0.3) is 0 Å². The van der Waals surface area contributed by atoms with Gasteiger partial charge in [-0.2, -0.15) is 4.31 Å². The van der Waals surface area contributed by atoms with Crippen LogP contribution in [-0.4, -0.2) is 73.2 Å². The summed E-state index contributed by atoms with van der Waals surface area (Å²) in [5.74, 6) is -0.700. The van der Waals surface area contributed by atoms with E-state index < -0.39 is 15.8 Å². The summed E-state index contributed by atoms with van der Waals surface area (Å²) in [5, 5.41) is 0. The minimum atomic E-state index is -3.88. The van der Waals surface area contributed by atoms with E-state index in [-0.39, 0.29) is 23.9 Å². The minimum absolute atomic E-state index is 0.0449. The third-order valence-corrected chi connectivity index (χ3v) is 7.75. The molecule has 1 aromatic rings. The lowest BCUT2D eigenvalue weighted by Crippen LogP contribution is -2.54. The van der Waals surface area contributed by atoms with Crippen LogP contribution in [0.1, 0.15) is 39.5 Å². The van der Waals surface area contributed by atoms with E-state index in [0.717, 1.165) is 18.9 Å². The monoisotopic (exact) mass is 411 g/mol. The number of amides is 1. The van der Waals surface area contributed by atoms with E-state index in [9.17, 15) is 17.6 Å². The van der Waals surface area contributed by atoms with Gasteiger partial charge in [-0.15, -0.1) is 0 Å². The Hall–Kier alpha value is -1.51. The van der Waals surface area contributed by atoms with Crippen LogP contribution in [0.15, 0.2) is 29.2 Å². The molecule has 0 unspecified atom stereocenters. The average molecular weight is 412 g/mol. The first kappa shape index (κ1) is 21.2. The number of rotatable bonds is 6. The molecule has 1 aromatic carbocycles. The lowest BCUT2D eigenvalue weighted by atomic mass is 10.1. The van der Waals surface area contributed by atoms with E-state index in [1.165, 1.54) is 35.3 Å². The molecule has 156 valence electrons. The fourth-order valence-electron chi connectivity index (χ4n) is 4.20. The highest BCUT2D eigenvalue weighted by Crippen LogP contribution is 2.25. The molecule has 2 fully saturated rings. The van der Waals surface area contributed by atoms with E-state index in [1.54, 1.807) is 4.90 Å². The summed E-state index contributed by atoms with van der Waals surface area (Å²) in [6.07, 6.45) is 4.71. The van der Waals surface area contributed by atoms with Crippen LogP contribution in [0.3, 0.4) is 0 Å². The Morgan fingerprint density at radius 3 is 2.32 bits per heavy atom. The first-order valence-corrected chi connectivity index (χ1v) is 11.5. The molecule has 28 heavy (non-hydrogen) atoms. The molecule has 0 N–H and O–H groups in total. The summed E-state index contributed by atoms with van der Waals surface area (Å²) < 4.78 is 40.6. The molecule has 1 aliphatic heterocycles. The number of carbonyl (C=O) groups excluding carboxylic acids is 1. The van der Waals surface area contributed by atoms with Gasteiger partial charge in [0, 0.05) is 38.3 Å². The Morgan fingerprint density at radius 2 is 1.75 bits per heavy atom. The SMILES string of the molecule is CC(C)N(CC(=O)N1CCN(S(=O)(=O)c2ccccc2F)CC1)C1CCCC1. The van der Waals surface area contributed by atoms with Gasteiger partial charge in [0.1, 0.15) is 10.7 Å². The number of piperazine rings is 1. The minimum Gasteiger partial charge on any atom is -0.339 e. The summed E-state index contributed by atoms with van der Waals surface area (Å²) in [4.78, 5) is 16.5. The van der Waals surface area contributed by atoms with Gasteiger partial charge in [-0.25, -0.2) is 12.8 Å². The second-order valence-corrected chi connectivity index (χ2v) is 9.83. The van der Waals surface area contributed by atoms with E-state index in [4.69, 9.17) is 0 Å². The number of halogens is 1. The van der Waals surface area contributed by atoms with Gasteiger partial charge in [0.05, 0.1) is 6.54 Å². The molecular weight excluding hydrogens is 381 g/mol. The van der Waals surface area contributed by atoms with Crippen LogP contribution in [0.2, 0.25) is 0 Å². The highest BCUT2D eigenvalue weighted by molar-refractivity contribution is 7.89. The van der Waals surface area contributed by atoms with Crippen molar-refractivity contribution in [2.45, 2.75) is 56.5 Å². The highest BCUT2D eigenvalue weighted by Gasteiger charge is 2.33. The number of nitrogens with zero attached hydrogens (tertiary/aromatic N) is 3. The van der Waals surface area contributed by atoms with Gasteiger partial charge in [-0.05, 0) is 38.8 Å². The van der Waals surface area contributed by atoms with Gasteiger partial charge in [-0.1, -0.05) is 25.0 Å². The first-order valence-electron chi connectivity index (χ1n) is 10.1. The number of sulfonamides is 1. The predicted molar refractivity (Wildman–Crippen MR) is 106 cm³/mol. The standard InChI is InChI=1S/C20H30FN3O3S/c1-16(2)24(17-7-3-4-8-17)15-20(25)22-11-13-23(14-12-22)28(26,27)19-10-6-5-9-18(19)21/h5-6,9-10,16-17H,3-4,7-8,11-15H2,1-2H3. The zero-order chi connectivity index (χ0) is 20.3. The van der Waals surface area contributed by atoms with Gasteiger partial charge in [0.15, 0.2) is 0 Å². The Labute approximate surface area is 167 Å². The smallest absolute Gasteiger partial charge is 0.246 e. The summed E-state index contributed by atoms with van der Waals surface area (Å²) >= 11 is 0. The van der Waals surface area contributed by atoms with Crippen molar-refractivity contribution in [1.29, 1.82) is 0 Å². The van der Waals surface area contributed by atoms with Crippen LogP contribution >= 0.6 is 0 Å². The lowest BCUT2D eigenvalue weighted by Gasteiger charge is -2.37. The Bertz CT molecular complexity index is 786. The molecule has 6 nitrogen and oxygen atoms in total. The average Bonchev–Trinajstić information content (AvgIpc) is 3.20. The molecule has 1 saturated carbocycles. The molecule has 1 aliphatic carbocycles. The van der Waals surface area contributed by atoms with Crippen LogP contribution in [0.4, 0.5) is 4.39 Å². The molecule has 2 aliphatic rings. The van der Waals surface area contributed by atoms with Crippen molar-refractivity contribution in [2.24, 2.45) is 0 Å². The van der Waals surface area contributed by atoms with Crippen LogP contribution in [-0.2, 0) is 14.8 Å². The molecule has 0 aromatic heterocycles. The largest absolute Gasteiger partial charge is 0.339 e. The van der Waals surface area contributed by atoms with Crippen LogP contribution in [0, 0.1) is 5.82 Å². The summed E-state index contributed by atoms with van der Waals surface area (Å²) in [6.45, 7) is 5.66. The van der Waals surface area contributed by atoms with Crippen molar-refractivity contribution in [3.05, 3.63) is 30.1 Å². The number of hydrogen-bond donors (Lipinski definition) is 0. The molecule has 0 bridgehead atoms. The number of hydrogen-bond acceptors (Lipinski definition) is 4. The zero-order valence-corrected chi connectivity index (χ0v) is 17.5. The molecule has 0 spiro atoms. The van der Waals surface area contributed by atoms with Crippen LogP contribution in [0.5, 0.6) is 0 Å². The fourth-order valence-corrected chi connectivity index (χ4v) is 5.68. The second kappa shape index (κ2) is 8.88. The Morgan fingerprint density at radius 1 is 1.14 bits per heavy atom. The maximum Gasteiger partial charge on any atom is 0.246 e. The third kappa shape index (κ3) is 4.55. The lowest BCUT2D eigenvalue weighted by molar-refractivity contribution is -0.134. The molecule has 0 atom stereocenters. The second-order valence-electron chi connectivity index (χ2n) is 7.92.